The monoisotopic (exact) mass is 363 g/mol. The number of alkyl halides is 1. The van der Waals surface area contributed by atoms with E-state index in [0.29, 0.717) is 29.9 Å². The van der Waals surface area contributed by atoms with Crippen LogP contribution in [0.25, 0.3) is 0 Å². The van der Waals surface area contributed by atoms with Crippen molar-refractivity contribution < 1.29 is 14.3 Å². The summed E-state index contributed by atoms with van der Waals surface area (Å²) in [4.78, 5) is 13.0. The van der Waals surface area contributed by atoms with Crippen LogP contribution in [0.1, 0.15) is 45.4 Å². The molecular formula is C20H26ClNO3. The average molecular weight is 364 g/mol. The summed E-state index contributed by atoms with van der Waals surface area (Å²) in [6.45, 7) is 2.51. The van der Waals surface area contributed by atoms with E-state index in [1.165, 1.54) is 6.42 Å². The molecule has 4 atom stereocenters. The summed E-state index contributed by atoms with van der Waals surface area (Å²) in [5.41, 5.74) is 0.460. The van der Waals surface area contributed by atoms with Crippen molar-refractivity contribution in [3.05, 3.63) is 18.2 Å². The summed E-state index contributed by atoms with van der Waals surface area (Å²) in [5, 5.41) is 3.13. The normalized spacial score (nSPS) is 35.5. The van der Waals surface area contributed by atoms with E-state index in [9.17, 15) is 4.79 Å². The number of rotatable bonds is 5. The summed E-state index contributed by atoms with van der Waals surface area (Å²) in [7, 11) is 1.61. The molecule has 1 aromatic carbocycles. The molecule has 1 aromatic rings. The summed E-state index contributed by atoms with van der Waals surface area (Å²) >= 11 is 6.85. The highest BCUT2D eigenvalue weighted by Crippen LogP contribution is 2.64. The van der Waals surface area contributed by atoms with E-state index >= 15 is 0 Å². The first-order chi connectivity index (χ1) is 12.0. The topological polar surface area (TPSA) is 47.6 Å². The van der Waals surface area contributed by atoms with Gasteiger partial charge in [-0.3, -0.25) is 4.79 Å². The minimum absolute atomic E-state index is 0.123. The zero-order valence-corrected chi connectivity index (χ0v) is 15.7. The van der Waals surface area contributed by atoms with Gasteiger partial charge in [0.15, 0.2) is 11.5 Å². The number of carbonyl (C=O) groups excluding carboxylic acids is 1. The molecule has 4 aliphatic rings. The molecule has 5 heteroatoms. The number of halogens is 1. The summed E-state index contributed by atoms with van der Waals surface area (Å²) < 4.78 is 10.9. The Labute approximate surface area is 154 Å². The van der Waals surface area contributed by atoms with Crippen LogP contribution in [0, 0.1) is 17.3 Å². The highest BCUT2D eigenvalue weighted by molar-refractivity contribution is 6.24. The van der Waals surface area contributed by atoms with Gasteiger partial charge in [0.1, 0.15) is 0 Å². The van der Waals surface area contributed by atoms with E-state index in [0.717, 1.165) is 37.8 Å². The summed E-state index contributed by atoms with van der Waals surface area (Å²) in [5.74, 6) is 2.67. The lowest BCUT2D eigenvalue weighted by Gasteiger charge is -2.59. The number of nitrogens with one attached hydrogen (secondary N) is 1. The maximum atomic E-state index is 13.2. The van der Waals surface area contributed by atoms with Gasteiger partial charge < -0.3 is 14.8 Å². The molecule has 0 heterocycles. The van der Waals surface area contributed by atoms with Crippen LogP contribution in [0.4, 0.5) is 5.69 Å². The van der Waals surface area contributed by atoms with Crippen molar-refractivity contribution in [1.29, 1.82) is 0 Å². The third kappa shape index (κ3) is 2.99. The van der Waals surface area contributed by atoms with Crippen LogP contribution in [0.15, 0.2) is 18.2 Å². The molecule has 0 radical (unpaired) electrons. The number of carbonyl (C=O) groups is 1. The zero-order valence-electron chi connectivity index (χ0n) is 14.9. The van der Waals surface area contributed by atoms with Crippen molar-refractivity contribution in [2.24, 2.45) is 17.3 Å². The van der Waals surface area contributed by atoms with E-state index in [4.69, 9.17) is 21.1 Å². The van der Waals surface area contributed by atoms with Crippen molar-refractivity contribution in [2.75, 3.05) is 19.0 Å². The number of amides is 1. The Morgan fingerprint density at radius 1 is 1.24 bits per heavy atom. The lowest BCUT2D eigenvalue weighted by atomic mass is 9.49. The molecule has 1 N–H and O–H groups in total. The van der Waals surface area contributed by atoms with Crippen LogP contribution in [0.5, 0.6) is 11.5 Å². The number of hydrogen-bond acceptors (Lipinski definition) is 3. The van der Waals surface area contributed by atoms with Crippen LogP contribution >= 0.6 is 11.6 Å². The lowest BCUT2D eigenvalue weighted by molar-refractivity contribution is -0.138. The Hall–Kier alpha value is -1.42. The molecule has 1 amide bonds. The van der Waals surface area contributed by atoms with E-state index in [1.54, 1.807) is 7.11 Å². The molecule has 4 saturated carbocycles. The second-order valence-electron chi connectivity index (χ2n) is 8.15. The largest absolute Gasteiger partial charge is 0.493 e. The van der Waals surface area contributed by atoms with Gasteiger partial charge in [-0.25, -0.2) is 0 Å². The number of ether oxygens (including phenoxy) is 2. The Morgan fingerprint density at radius 3 is 2.56 bits per heavy atom. The maximum Gasteiger partial charge on any atom is 0.230 e. The molecule has 4 fully saturated rings. The zero-order chi connectivity index (χ0) is 17.7. The van der Waals surface area contributed by atoms with Crippen molar-refractivity contribution >= 4 is 23.2 Å². The number of benzene rings is 1. The van der Waals surface area contributed by atoms with Gasteiger partial charge in [-0.15, -0.1) is 11.6 Å². The van der Waals surface area contributed by atoms with Crippen LogP contribution in [-0.4, -0.2) is 24.5 Å². The third-order valence-electron chi connectivity index (χ3n) is 6.19. The minimum atomic E-state index is -0.294. The van der Waals surface area contributed by atoms with Crippen molar-refractivity contribution in [1.82, 2.24) is 0 Å². The van der Waals surface area contributed by atoms with Gasteiger partial charge >= 0.3 is 0 Å². The molecule has 4 bridgehead atoms. The quantitative estimate of drug-likeness (QED) is 0.777. The number of anilines is 1. The number of hydrogen-bond donors (Lipinski definition) is 1. The Kier molecular flexibility index (Phi) is 4.14. The van der Waals surface area contributed by atoms with E-state index in [2.05, 4.69) is 5.32 Å². The molecule has 5 rings (SSSR count). The predicted octanol–water partition coefficient (Wildman–Crippen LogP) is 4.61. The van der Waals surface area contributed by atoms with E-state index in [1.807, 2.05) is 25.1 Å². The van der Waals surface area contributed by atoms with E-state index < -0.39 is 0 Å². The standard InChI is InChI=1S/C20H26ClNO3/c1-3-25-16-5-4-15(7-17(16)24-2)22-18(23)19-8-13-6-14(9-19)11-20(21,10-13)12-19/h4-5,7,13-14H,3,6,8-12H2,1-2H3,(H,22,23)/t13-,14+,19?,20?. The lowest BCUT2D eigenvalue weighted by Crippen LogP contribution is -2.57. The SMILES string of the molecule is CCOc1ccc(NC(=O)C23C[C@@H]4C[C@@H](CC(Cl)(C4)C2)C3)cc1OC. The second kappa shape index (κ2) is 6.08. The Bertz CT molecular complexity index is 676. The van der Waals surface area contributed by atoms with Crippen LogP contribution in [0.3, 0.4) is 0 Å². The molecule has 0 aromatic heterocycles. The molecule has 4 nitrogen and oxygen atoms in total. The van der Waals surface area contributed by atoms with Crippen molar-refractivity contribution in [3.63, 3.8) is 0 Å². The predicted molar refractivity (Wildman–Crippen MR) is 98.5 cm³/mol. The Morgan fingerprint density at radius 2 is 1.96 bits per heavy atom. The molecule has 136 valence electrons. The molecule has 0 aliphatic heterocycles. The van der Waals surface area contributed by atoms with Crippen molar-refractivity contribution in [2.45, 2.75) is 50.3 Å². The molecule has 0 saturated heterocycles. The van der Waals surface area contributed by atoms with E-state index in [-0.39, 0.29) is 16.2 Å². The van der Waals surface area contributed by atoms with Gasteiger partial charge in [-0.1, -0.05) is 0 Å². The van der Waals surface area contributed by atoms with Crippen LogP contribution < -0.4 is 14.8 Å². The second-order valence-corrected chi connectivity index (χ2v) is 8.95. The molecule has 2 unspecified atom stereocenters. The fourth-order valence-corrected chi connectivity index (χ4v) is 6.39. The highest BCUT2D eigenvalue weighted by Gasteiger charge is 2.60. The maximum absolute atomic E-state index is 13.2. The fourth-order valence-electron chi connectivity index (χ4n) is 5.70. The molecule has 25 heavy (non-hydrogen) atoms. The molecule has 4 aliphatic carbocycles. The highest BCUT2D eigenvalue weighted by atomic mass is 35.5. The van der Waals surface area contributed by atoms with Crippen LogP contribution in [-0.2, 0) is 4.79 Å². The Balaban J connectivity index is 1.54. The molecule has 0 spiro atoms. The van der Waals surface area contributed by atoms with Crippen LogP contribution in [0.2, 0.25) is 0 Å². The van der Waals surface area contributed by atoms with Gasteiger partial charge in [-0.05, 0) is 69.4 Å². The first-order valence-electron chi connectivity index (χ1n) is 9.26. The minimum Gasteiger partial charge on any atom is -0.493 e. The molecular weight excluding hydrogens is 338 g/mol. The summed E-state index contributed by atoms with van der Waals surface area (Å²) in [6.07, 6.45) is 6.19. The third-order valence-corrected chi connectivity index (χ3v) is 6.63. The van der Waals surface area contributed by atoms with Gasteiger partial charge in [0.05, 0.1) is 19.1 Å². The smallest absolute Gasteiger partial charge is 0.230 e. The number of methoxy groups -OCH3 is 1. The van der Waals surface area contributed by atoms with Crippen molar-refractivity contribution in [3.8, 4) is 11.5 Å². The van der Waals surface area contributed by atoms with Gasteiger partial charge in [0.2, 0.25) is 5.91 Å². The first-order valence-corrected chi connectivity index (χ1v) is 9.64. The van der Waals surface area contributed by atoms with Gasteiger partial charge in [0.25, 0.3) is 0 Å². The fraction of sp³-hybridized carbons (Fsp3) is 0.650. The first kappa shape index (κ1) is 17.0. The summed E-state index contributed by atoms with van der Waals surface area (Å²) in [6, 6.07) is 5.56. The van der Waals surface area contributed by atoms with Gasteiger partial charge in [-0.2, -0.15) is 0 Å². The average Bonchev–Trinajstić information content (AvgIpc) is 2.54. The van der Waals surface area contributed by atoms with Gasteiger partial charge in [0, 0.05) is 16.6 Å².